The molecule has 1 aromatic carbocycles. The Balaban J connectivity index is 2.16. The van der Waals surface area contributed by atoms with Crippen LogP contribution in [0.5, 0.6) is 0 Å². The van der Waals surface area contributed by atoms with Gasteiger partial charge in [-0.05, 0) is 12.0 Å². The molecule has 0 saturated carbocycles. The van der Waals surface area contributed by atoms with E-state index in [4.69, 9.17) is 4.74 Å². The van der Waals surface area contributed by atoms with Gasteiger partial charge >= 0.3 is 5.97 Å². The van der Waals surface area contributed by atoms with Crippen molar-refractivity contribution in [2.24, 2.45) is 11.8 Å². The van der Waals surface area contributed by atoms with Gasteiger partial charge in [-0.25, -0.2) is 0 Å². The van der Waals surface area contributed by atoms with E-state index in [2.05, 4.69) is 24.3 Å². The summed E-state index contributed by atoms with van der Waals surface area (Å²) in [7, 11) is 1.43. The summed E-state index contributed by atoms with van der Waals surface area (Å²) < 4.78 is 4.90. The van der Waals surface area contributed by atoms with E-state index in [1.54, 1.807) is 0 Å². The topological polar surface area (TPSA) is 26.3 Å². The highest BCUT2D eigenvalue weighted by molar-refractivity contribution is 5.77. The maximum absolute atomic E-state index is 11.9. The standard InChI is InChI=1S/C17H18O2/c1-19-17(18)16(15-10-6-3-7-11-15)13-12-14-8-4-2-5-9-14/h2,4-13,15-16H,3H2,1H3/b13-12+/t16-/m0/s1. The molecule has 0 N–H and O–H groups in total. The molecule has 0 heterocycles. The first-order chi connectivity index (χ1) is 9.31. The van der Waals surface area contributed by atoms with E-state index in [1.165, 1.54) is 7.11 Å². The molecule has 0 unspecified atom stereocenters. The predicted molar refractivity (Wildman–Crippen MR) is 77.4 cm³/mol. The first kappa shape index (κ1) is 13.3. The lowest BCUT2D eigenvalue weighted by molar-refractivity contribution is -0.144. The maximum atomic E-state index is 11.9. The average molecular weight is 254 g/mol. The Morgan fingerprint density at radius 1 is 1.26 bits per heavy atom. The fraction of sp³-hybridized carbons (Fsp3) is 0.235. The van der Waals surface area contributed by atoms with Crippen LogP contribution in [0.1, 0.15) is 12.0 Å². The van der Waals surface area contributed by atoms with Crippen molar-refractivity contribution in [1.29, 1.82) is 0 Å². The zero-order valence-electron chi connectivity index (χ0n) is 11.0. The average Bonchev–Trinajstić information content (AvgIpc) is 2.49. The van der Waals surface area contributed by atoms with Crippen molar-refractivity contribution < 1.29 is 9.53 Å². The van der Waals surface area contributed by atoms with E-state index in [1.807, 2.05) is 42.5 Å². The number of rotatable bonds is 4. The molecule has 0 aromatic heterocycles. The van der Waals surface area contributed by atoms with Crippen molar-refractivity contribution >= 4 is 12.0 Å². The van der Waals surface area contributed by atoms with E-state index in [0.29, 0.717) is 0 Å². The van der Waals surface area contributed by atoms with Crippen LogP contribution in [0, 0.1) is 11.8 Å². The van der Waals surface area contributed by atoms with Crippen LogP contribution in [0.2, 0.25) is 0 Å². The van der Waals surface area contributed by atoms with Crippen molar-refractivity contribution in [3.05, 3.63) is 66.3 Å². The molecule has 0 saturated heterocycles. The Morgan fingerprint density at radius 3 is 2.58 bits per heavy atom. The number of carbonyl (C=O) groups excluding carboxylic acids is 1. The van der Waals surface area contributed by atoms with E-state index in [9.17, 15) is 4.79 Å². The largest absolute Gasteiger partial charge is 0.469 e. The van der Waals surface area contributed by atoms with Crippen LogP contribution in [0.3, 0.4) is 0 Å². The van der Waals surface area contributed by atoms with Crippen LogP contribution < -0.4 is 0 Å². The molecule has 0 fully saturated rings. The van der Waals surface area contributed by atoms with Gasteiger partial charge < -0.3 is 4.74 Å². The third kappa shape index (κ3) is 3.68. The summed E-state index contributed by atoms with van der Waals surface area (Å²) in [5.74, 6) is -0.382. The van der Waals surface area contributed by atoms with E-state index in [-0.39, 0.29) is 17.8 Å². The van der Waals surface area contributed by atoms with Crippen molar-refractivity contribution in [2.45, 2.75) is 6.42 Å². The molecule has 0 aliphatic heterocycles. The fourth-order valence-electron chi connectivity index (χ4n) is 2.13. The highest BCUT2D eigenvalue weighted by Gasteiger charge is 2.23. The monoisotopic (exact) mass is 254 g/mol. The van der Waals surface area contributed by atoms with E-state index < -0.39 is 0 Å². The first-order valence-electron chi connectivity index (χ1n) is 6.45. The van der Waals surface area contributed by atoms with Crippen molar-refractivity contribution in [2.75, 3.05) is 7.11 Å². The number of ether oxygens (including phenoxy) is 1. The third-order valence-corrected chi connectivity index (χ3v) is 3.17. The second-order valence-electron chi connectivity index (χ2n) is 4.49. The van der Waals surface area contributed by atoms with Crippen LogP contribution in [-0.2, 0) is 9.53 Å². The van der Waals surface area contributed by atoms with Gasteiger partial charge in [-0.1, -0.05) is 66.8 Å². The predicted octanol–water partition coefficient (Wildman–Crippen LogP) is 3.62. The minimum absolute atomic E-state index is 0.0844. The summed E-state index contributed by atoms with van der Waals surface area (Å²) in [5, 5.41) is 0. The summed E-state index contributed by atoms with van der Waals surface area (Å²) >= 11 is 0. The van der Waals surface area contributed by atoms with Gasteiger partial charge in [0.05, 0.1) is 13.0 Å². The molecule has 0 spiro atoms. The number of methoxy groups -OCH3 is 1. The number of allylic oxidation sites excluding steroid dienone is 4. The summed E-state index contributed by atoms with van der Waals surface area (Å²) in [4.78, 5) is 11.9. The minimum Gasteiger partial charge on any atom is -0.469 e. The maximum Gasteiger partial charge on any atom is 0.313 e. The van der Waals surface area contributed by atoms with Crippen LogP contribution in [0.25, 0.3) is 6.08 Å². The van der Waals surface area contributed by atoms with Gasteiger partial charge in [-0.3, -0.25) is 4.79 Å². The second kappa shape index (κ2) is 6.74. The summed E-state index contributed by atoms with van der Waals surface area (Å²) in [6, 6.07) is 9.96. The summed E-state index contributed by atoms with van der Waals surface area (Å²) in [5.41, 5.74) is 1.08. The van der Waals surface area contributed by atoms with Crippen LogP contribution in [0.15, 0.2) is 60.7 Å². The number of esters is 1. The lowest BCUT2D eigenvalue weighted by Gasteiger charge is -2.18. The van der Waals surface area contributed by atoms with Gasteiger partial charge in [0.1, 0.15) is 0 Å². The molecule has 2 heteroatoms. The van der Waals surface area contributed by atoms with Crippen molar-refractivity contribution in [3.8, 4) is 0 Å². The third-order valence-electron chi connectivity index (χ3n) is 3.17. The van der Waals surface area contributed by atoms with Crippen molar-refractivity contribution in [3.63, 3.8) is 0 Å². The molecular formula is C17H18O2. The fourth-order valence-corrected chi connectivity index (χ4v) is 2.13. The molecule has 2 rings (SSSR count). The number of hydrogen-bond donors (Lipinski definition) is 0. The van der Waals surface area contributed by atoms with E-state index >= 15 is 0 Å². The van der Waals surface area contributed by atoms with Crippen LogP contribution >= 0.6 is 0 Å². The van der Waals surface area contributed by atoms with Gasteiger partial charge in [-0.15, -0.1) is 0 Å². The Bertz CT molecular complexity index is 485. The van der Waals surface area contributed by atoms with Gasteiger partial charge in [0.2, 0.25) is 0 Å². The molecule has 0 radical (unpaired) electrons. The highest BCUT2D eigenvalue weighted by Crippen LogP contribution is 2.23. The summed E-state index contributed by atoms with van der Waals surface area (Å²) in [6.45, 7) is 0. The lowest BCUT2D eigenvalue weighted by atomic mass is 9.88. The van der Waals surface area contributed by atoms with Crippen molar-refractivity contribution in [1.82, 2.24) is 0 Å². The molecule has 1 aliphatic carbocycles. The molecule has 19 heavy (non-hydrogen) atoms. The number of carbonyl (C=O) groups is 1. The van der Waals surface area contributed by atoms with Gasteiger partial charge in [0.25, 0.3) is 0 Å². The highest BCUT2D eigenvalue weighted by atomic mass is 16.5. The van der Waals surface area contributed by atoms with Gasteiger partial charge in [0, 0.05) is 5.92 Å². The smallest absolute Gasteiger partial charge is 0.313 e. The van der Waals surface area contributed by atoms with Crippen LogP contribution in [-0.4, -0.2) is 13.1 Å². The molecule has 1 aliphatic rings. The minimum atomic E-state index is -0.266. The van der Waals surface area contributed by atoms with E-state index in [0.717, 1.165) is 12.0 Å². The molecule has 1 aromatic rings. The SMILES string of the molecule is COC(=O)[C@@H](/C=C/c1ccccc1)C1C=CCC=C1. The zero-order valence-corrected chi connectivity index (χ0v) is 11.0. The molecule has 0 amide bonds. The normalized spacial score (nSPS) is 16.7. The zero-order chi connectivity index (χ0) is 13.5. The molecule has 98 valence electrons. The Morgan fingerprint density at radius 2 is 1.95 bits per heavy atom. The Labute approximate surface area is 114 Å². The number of hydrogen-bond acceptors (Lipinski definition) is 2. The van der Waals surface area contributed by atoms with Gasteiger partial charge in [-0.2, -0.15) is 0 Å². The summed E-state index contributed by atoms with van der Waals surface area (Å²) in [6.07, 6.45) is 13.1. The molecule has 1 atom stereocenters. The second-order valence-corrected chi connectivity index (χ2v) is 4.49. The first-order valence-corrected chi connectivity index (χ1v) is 6.45. The Hall–Kier alpha value is -2.09. The van der Waals surface area contributed by atoms with Gasteiger partial charge in [0.15, 0.2) is 0 Å². The molecular weight excluding hydrogens is 236 g/mol. The number of benzene rings is 1. The molecule has 0 bridgehead atoms. The Kier molecular flexibility index (Phi) is 4.73. The lowest BCUT2D eigenvalue weighted by Crippen LogP contribution is -2.21. The van der Waals surface area contributed by atoms with Crippen LogP contribution in [0.4, 0.5) is 0 Å². The molecule has 2 nitrogen and oxygen atoms in total. The quantitative estimate of drug-likeness (QED) is 0.606.